The predicted molar refractivity (Wildman–Crippen MR) is 113 cm³/mol. The van der Waals surface area contributed by atoms with Crippen molar-refractivity contribution in [3.63, 3.8) is 0 Å². The summed E-state index contributed by atoms with van der Waals surface area (Å²) in [5.41, 5.74) is 3.19. The van der Waals surface area contributed by atoms with Crippen molar-refractivity contribution in [3.05, 3.63) is 80.4 Å². The van der Waals surface area contributed by atoms with Crippen LogP contribution in [0.2, 0.25) is 0 Å². The minimum atomic E-state index is -0.203. The number of H-pyrrole nitrogens is 1. The molecule has 0 unspecified atom stereocenters. The van der Waals surface area contributed by atoms with Gasteiger partial charge in [-0.25, -0.2) is 0 Å². The van der Waals surface area contributed by atoms with Crippen LogP contribution in [0.5, 0.6) is 0 Å². The van der Waals surface area contributed by atoms with Crippen LogP contribution in [-0.4, -0.2) is 48.6 Å². The van der Waals surface area contributed by atoms with Crippen LogP contribution in [0, 0.1) is 0 Å². The maximum absolute atomic E-state index is 12.1. The van der Waals surface area contributed by atoms with Gasteiger partial charge in [-0.3, -0.25) is 4.79 Å². The van der Waals surface area contributed by atoms with Gasteiger partial charge in [0.2, 0.25) is 5.95 Å². The van der Waals surface area contributed by atoms with E-state index >= 15 is 0 Å². The normalized spacial score (nSPS) is 12.3. The van der Waals surface area contributed by atoms with Crippen molar-refractivity contribution in [3.8, 4) is 0 Å². The van der Waals surface area contributed by atoms with E-state index < -0.39 is 0 Å². The number of anilines is 1. The monoisotopic (exact) mass is 382 g/mol. The number of hydrogen-bond acceptors (Lipinski definition) is 5. The van der Waals surface area contributed by atoms with E-state index in [4.69, 9.17) is 0 Å². The zero-order chi connectivity index (χ0) is 19.2. The van der Waals surface area contributed by atoms with E-state index in [-0.39, 0.29) is 5.56 Å². The lowest BCUT2D eigenvalue weighted by Crippen LogP contribution is -2.41. The number of nitrogens with one attached hydrogen (secondary N) is 1. The number of aromatic nitrogens is 2. The first-order valence-electron chi connectivity index (χ1n) is 9.04. The number of aromatic amines is 1. The summed E-state index contributed by atoms with van der Waals surface area (Å²) in [7, 11) is 6.16. The van der Waals surface area contributed by atoms with Crippen LogP contribution in [0.1, 0.15) is 16.8 Å². The molecule has 5 nitrogen and oxygen atoms in total. The van der Waals surface area contributed by atoms with Crippen molar-refractivity contribution in [2.24, 2.45) is 0 Å². The molecule has 2 aromatic heterocycles. The Morgan fingerprint density at radius 3 is 2.56 bits per heavy atom. The average molecular weight is 383 g/mol. The Balaban J connectivity index is 1.74. The molecule has 2 heterocycles. The van der Waals surface area contributed by atoms with E-state index in [1.165, 1.54) is 11.1 Å². The van der Waals surface area contributed by atoms with Gasteiger partial charge in [0.15, 0.2) is 0 Å². The van der Waals surface area contributed by atoms with Crippen LogP contribution in [-0.2, 0) is 12.8 Å². The van der Waals surface area contributed by atoms with Gasteiger partial charge < -0.3 is 14.8 Å². The van der Waals surface area contributed by atoms with E-state index in [2.05, 4.69) is 64.7 Å². The molecule has 0 radical (unpaired) electrons. The fourth-order valence-corrected chi connectivity index (χ4v) is 3.75. The van der Waals surface area contributed by atoms with Crippen LogP contribution in [0.15, 0.2) is 58.0 Å². The standard InChI is InChI=1S/C21H26N4OS/c1-24(2)19(12-16-7-5-4-6-8-16)14-25(3)21-22-18(13-20(26)23-21)11-17-9-10-27-15-17/h4-10,13,15,19H,11-12,14H2,1-3H3,(H,22,23,26)/t19-/m1/s1. The number of hydrogen-bond donors (Lipinski definition) is 1. The van der Waals surface area contributed by atoms with Crippen molar-refractivity contribution in [1.82, 2.24) is 14.9 Å². The van der Waals surface area contributed by atoms with E-state index in [0.29, 0.717) is 18.4 Å². The lowest BCUT2D eigenvalue weighted by molar-refractivity contribution is 0.294. The molecule has 1 aromatic carbocycles. The summed E-state index contributed by atoms with van der Waals surface area (Å²) in [4.78, 5) is 23.9. The van der Waals surface area contributed by atoms with Crippen LogP contribution >= 0.6 is 11.3 Å². The smallest absolute Gasteiger partial charge is 0.274 e. The van der Waals surface area contributed by atoms with Gasteiger partial charge in [-0.1, -0.05) is 30.3 Å². The van der Waals surface area contributed by atoms with E-state index in [1.807, 2.05) is 23.4 Å². The molecule has 3 rings (SSSR count). The Labute approximate surface area is 164 Å². The minimum absolute atomic E-state index is 0.203. The van der Waals surface area contributed by atoms with E-state index in [0.717, 1.165) is 18.7 Å². The van der Waals surface area contributed by atoms with Crippen molar-refractivity contribution in [2.75, 3.05) is 32.6 Å². The van der Waals surface area contributed by atoms with Crippen molar-refractivity contribution < 1.29 is 0 Å². The highest BCUT2D eigenvalue weighted by atomic mass is 32.1. The van der Waals surface area contributed by atoms with Gasteiger partial charge in [0.05, 0.1) is 0 Å². The van der Waals surface area contributed by atoms with Crippen LogP contribution in [0.25, 0.3) is 0 Å². The second-order valence-corrected chi connectivity index (χ2v) is 7.84. The van der Waals surface area contributed by atoms with E-state index in [9.17, 15) is 4.79 Å². The van der Waals surface area contributed by atoms with Crippen molar-refractivity contribution in [1.29, 1.82) is 0 Å². The van der Waals surface area contributed by atoms with Gasteiger partial charge in [0.1, 0.15) is 0 Å². The summed E-state index contributed by atoms with van der Waals surface area (Å²) in [6, 6.07) is 14.4. The quantitative estimate of drug-likeness (QED) is 0.651. The Bertz CT molecular complexity index is 890. The first-order valence-corrected chi connectivity index (χ1v) is 9.98. The molecule has 6 heteroatoms. The second-order valence-electron chi connectivity index (χ2n) is 7.06. The Morgan fingerprint density at radius 1 is 1.11 bits per heavy atom. The van der Waals surface area contributed by atoms with Crippen LogP contribution < -0.4 is 10.5 Å². The zero-order valence-electron chi connectivity index (χ0n) is 16.1. The van der Waals surface area contributed by atoms with E-state index in [1.54, 1.807) is 17.4 Å². The van der Waals surface area contributed by atoms with Gasteiger partial charge in [-0.05, 0) is 48.5 Å². The Hall–Kier alpha value is -2.44. The number of benzene rings is 1. The highest BCUT2D eigenvalue weighted by molar-refractivity contribution is 7.07. The largest absolute Gasteiger partial charge is 0.344 e. The lowest BCUT2D eigenvalue weighted by atomic mass is 10.0. The Kier molecular flexibility index (Phi) is 6.42. The third kappa shape index (κ3) is 5.52. The summed E-state index contributed by atoms with van der Waals surface area (Å²) in [5.74, 6) is 0.618. The molecule has 0 bridgehead atoms. The van der Waals surface area contributed by atoms with Crippen LogP contribution in [0.3, 0.4) is 0 Å². The molecule has 0 spiro atoms. The van der Waals surface area contributed by atoms with Crippen molar-refractivity contribution >= 4 is 17.3 Å². The highest BCUT2D eigenvalue weighted by Gasteiger charge is 2.17. The number of nitrogens with zero attached hydrogens (tertiary/aromatic N) is 3. The summed E-state index contributed by atoms with van der Waals surface area (Å²) >= 11 is 1.66. The molecule has 0 saturated heterocycles. The maximum atomic E-state index is 12.1. The summed E-state index contributed by atoms with van der Waals surface area (Å²) in [5, 5.41) is 4.15. The van der Waals surface area contributed by atoms with Gasteiger partial charge in [0.25, 0.3) is 5.56 Å². The molecule has 0 aliphatic rings. The molecular weight excluding hydrogens is 356 g/mol. The molecule has 27 heavy (non-hydrogen) atoms. The molecule has 0 aliphatic heterocycles. The SMILES string of the molecule is CN(C[C@@H](Cc1ccccc1)N(C)C)c1nc(=O)cc(Cc2ccsc2)[nH]1. The first kappa shape index (κ1) is 19.3. The minimum Gasteiger partial charge on any atom is -0.344 e. The fraction of sp³-hybridized carbons (Fsp3) is 0.333. The summed E-state index contributed by atoms with van der Waals surface area (Å²) in [6.45, 7) is 0.771. The summed E-state index contributed by atoms with van der Waals surface area (Å²) < 4.78 is 0. The zero-order valence-corrected chi connectivity index (χ0v) is 16.9. The molecular formula is C21H26N4OS. The first-order chi connectivity index (χ1) is 13.0. The van der Waals surface area contributed by atoms with Crippen molar-refractivity contribution in [2.45, 2.75) is 18.9 Å². The average Bonchev–Trinajstić information content (AvgIpc) is 3.14. The maximum Gasteiger partial charge on any atom is 0.274 e. The molecule has 0 saturated carbocycles. The third-order valence-corrected chi connectivity index (χ3v) is 5.38. The lowest BCUT2D eigenvalue weighted by Gasteiger charge is -2.29. The number of rotatable bonds is 8. The van der Waals surface area contributed by atoms with Gasteiger partial charge in [-0.15, -0.1) is 0 Å². The fourth-order valence-electron chi connectivity index (χ4n) is 3.08. The molecule has 142 valence electrons. The van der Waals surface area contributed by atoms with Crippen LogP contribution in [0.4, 0.5) is 5.95 Å². The molecule has 1 atom stereocenters. The highest BCUT2D eigenvalue weighted by Crippen LogP contribution is 2.14. The van der Waals surface area contributed by atoms with Gasteiger partial charge in [-0.2, -0.15) is 16.3 Å². The third-order valence-electron chi connectivity index (χ3n) is 4.65. The molecule has 3 aromatic rings. The topological polar surface area (TPSA) is 52.2 Å². The summed E-state index contributed by atoms with van der Waals surface area (Å²) in [6.07, 6.45) is 1.65. The predicted octanol–water partition coefficient (Wildman–Crippen LogP) is 3.03. The molecule has 0 fully saturated rings. The van der Waals surface area contributed by atoms with Gasteiger partial charge >= 0.3 is 0 Å². The molecule has 0 aliphatic carbocycles. The molecule has 0 amide bonds. The van der Waals surface area contributed by atoms with Gasteiger partial charge in [0, 0.05) is 37.8 Å². The Morgan fingerprint density at radius 2 is 1.89 bits per heavy atom. The number of thiophene rings is 1. The second kappa shape index (κ2) is 8.97. The molecule has 1 N–H and O–H groups in total. The number of likely N-dealkylation sites (N-methyl/N-ethyl adjacent to an activating group) is 2.